The minimum absolute atomic E-state index is 0.138. The molecule has 12 heteroatoms. The van der Waals surface area contributed by atoms with Crippen molar-refractivity contribution < 1.29 is 52.2 Å². The maximum Gasteiger partial charge on any atom is 0.472 e. The van der Waals surface area contributed by atoms with Crippen LogP contribution in [0.4, 0.5) is 0 Å². The third-order valence-corrected chi connectivity index (χ3v) is 12.9. The van der Waals surface area contributed by atoms with E-state index in [2.05, 4.69) is 112 Å². The Hall–Kier alpha value is -3.60. The van der Waals surface area contributed by atoms with E-state index in [0.717, 1.165) is 103 Å². The van der Waals surface area contributed by atoms with Gasteiger partial charge in [-0.1, -0.05) is 221 Å². The van der Waals surface area contributed by atoms with E-state index in [0.29, 0.717) is 25.7 Å². The van der Waals surface area contributed by atoms with Gasteiger partial charge in [-0.2, -0.15) is 0 Å². The van der Waals surface area contributed by atoms with Crippen molar-refractivity contribution in [3.63, 3.8) is 0 Å². The zero-order valence-corrected chi connectivity index (χ0v) is 47.7. The summed E-state index contributed by atoms with van der Waals surface area (Å²) in [6, 6.07) is 0. The van der Waals surface area contributed by atoms with E-state index in [-0.39, 0.29) is 25.9 Å². The highest BCUT2D eigenvalue weighted by molar-refractivity contribution is 7.47. The highest BCUT2D eigenvalue weighted by Crippen LogP contribution is 2.43. The summed E-state index contributed by atoms with van der Waals surface area (Å²) in [4.78, 5) is 48.5. The van der Waals surface area contributed by atoms with Crippen molar-refractivity contribution in [1.29, 1.82) is 0 Å². The first-order valence-corrected chi connectivity index (χ1v) is 30.6. The Morgan fingerprint density at radius 1 is 0.392 bits per heavy atom. The number of phosphoric acid groups is 1. The van der Waals surface area contributed by atoms with Gasteiger partial charge in [0.15, 0.2) is 6.10 Å². The fourth-order valence-electron chi connectivity index (χ4n) is 7.57. The van der Waals surface area contributed by atoms with E-state index in [4.69, 9.17) is 23.3 Å². The van der Waals surface area contributed by atoms with Crippen LogP contribution in [0.25, 0.3) is 0 Å². The van der Waals surface area contributed by atoms with E-state index >= 15 is 0 Å². The van der Waals surface area contributed by atoms with Crippen molar-refractivity contribution in [2.45, 2.75) is 251 Å². The molecule has 0 rings (SSSR count). The molecule has 0 spiro atoms. The summed E-state index contributed by atoms with van der Waals surface area (Å²) in [6.45, 7) is 4.42. The summed E-state index contributed by atoms with van der Waals surface area (Å²) < 4.78 is 39.4. The number of hydrogen-bond donors (Lipinski definition) is 2. The quantitative estimate of drug-likeness (QED) is 0.0197. The zero-order chi connectivity index (χ0) is 54.1. The van der Waals surface area contributed by atoms with Gasteiger partial charge < -0.3 is 24.2 Å². The monoisotopic (exact) mass is 1060 g/mol. The van der Waals surface area contributed by atoms with Crippen LogP contribution < -0.4 is 0 Å². The fourth-order valence-corrected chi connectivity index (χ4v) is 8.36. The maximum atomic E-state index is 12.9. The Balaban J connectivity index is 4.84. The number of esters is 3. The molecule has 11 nitrogen and oxygen atoms in total. The minimum Gasteiger partial charge on any atom is -0.462 e. The van der Waals surface area contributed by atoms with Crippen molar-refractivity contribution in [1.82, 2.24) is 0 Å². The first-order chi connectivity index (χ1) is 36.2. The van der Waals surface area contributed by atoms with Gasteiger partial charge in [-0.05, 0) is 96.3 Å². The second-order valence-corrected chi connectivity index (χ2v) is 20.5. The molecule has 424 valence electrons. The maximum absolute atomic E-state index is 12.9. The summed E-state index contributed by atoms with van der Waals surface area (Å²) >= 11 is 0. The van der Waals surface area contributed by atoms with Gasteiger partial charge in [0.25, 0.3) is 0 Å². The zero-order valence-electron chi connectivity index (χ0n) is 46.8. The summed E-state index contributed by atoms with van der Waals surface area (Å²) in [6.07, 6.45) is 65.1. The molecule has 0 bridgehead atoms. The first kappa shape index (κ1) is 70.4. The van der Waals surface area contributed by atoms with Gasteiger partial charge >= 0.3 is 25.7 Å². The predicted octanol–water partition coefficient (Wildman–Crippen LogP) is 17.3. The highest BCUT2D eigenvalue weighted by atomic mass is 31.2. The van der Waals surface area contributed by atoms with Gasteiger partial charge in [-0.25, -0.2) is 4.57 Å². The number of ether oxygens (including phenoxy) is 3. The molecule has 0 fully saturated rings. The molecule has 0 aliphatic carbocycles. The summed E-state index contributed by atoms with van der Waals surface area (Å²) in [5.74, 6) is -1.55. The largest absolute Gasteiger partial charge is 0.472 e. The van der Waals surface area contributed by atoms with Crippen LogP contribution in [0, 0.1) is 0 Å². The van der Waals surface area contributed by atoms with Crippen LogP contribution in [0.15, 0.2) is 97.2 Å². The molecule has 0 aliphatic heterocycles. The third-order valence-electron chi connectivity index (χ3n) is 12.0. The average molecular weight is 1060 g/mol. The van der Waals surface area contributed by atoms with E-state index < -0.39 is 57.8 Å². The van der Waals surface area contributed by atoms with Gasteiger partial charge in [-0.3, -0.25) is 23.4 Å². The molecule has 0 aliphatic rings. The van der Waals surface area contributed by atoms with Crippen LogP contribution >= 0.6 is 7.82 Å². The molecule has 0 radical (unpaired) electrons. The second-order valence-electron chi connectivity index (χ2n) is 19.1. The normalized spacial score (nSPS) is 14.1. The fraction of sp³-hybridized carbons (Fsp3) is 0.694. The number of aliphatic hydroxyl groups excluding tert-OH is 1. The Morgan fingerprint density at radius 3 is 1.15 bits per heavy atom. The third kappa shape index (κ3) is 53.2. The lowest BCUT2D eigenvalue weighted by Crippen LogP contribution is -2.30. The van der Waals surface area contributed by atoms with Gasteiger partial charge in [0.05, 0.1) is 19.8 Å². The number of unbranched alkanes of at least 4 members (excludes halogenated alkanes) is 20. The van der Waals surface area contributed by atoms with Crippen molar-refractivity contribution in [2.24, 2.45) is 0 Å². The van der Waals surface area contributed by atoms with Crippen LogP contribution in [-0.2, 0) is 42.2 Å². The van der Waals surface area contributed by atoms with Crippen LogP contribution in [0.3, 0.4) is 0 Å². The van der Waals surface area contributed by atoms with E-state index in [1.54, 1.807) is 0 Å². The van der Waals surface area contributed by atoms with Crippen molar-refractivity contribution >= 4 is 25.7 Å². The first-order valence-electron chi connectivity index (χ1n) is 29.1. The highest BCUT2D eigenvalue weighted by Gasteiger charge is 2.28. The van der Waals surface area contributed by atoms with Gasteiger partial charge in [0.1, 0.15) is 12.7 Å². The number of aliphatic hydroxyl groups is 1. The lowest BCUT2D eigenvalue weighted by atomic mass is 10.1. The molecule has 3 atom stereocenters. The molecule has 0 aromatic rings. The molecule has 2 N–H and O–H groups in total. The number of carbonyl (C=O) groups excluding carboxylic acids is 3. The van der Waals surface area contributed by atoms with Gasteiger partial charge in [0.2, 0.25) is 0 Å². The Bertz CT molecular complexity index is 1610. The molecular weight excluding hydrogens is 952 g/mol. The second kappa shape index (κ2) is 55.6. The Morgan fingerprint density at radius 2 is 0.716 bits per heavy atom. The number of carbonyl (C=O) groups is 3. The Kier molecular flexibility index (Phi) is 52.9. The Labute approximate surface area is 451 Å². The molecule has 3 unspecified atom stereocenters. The van der Waals surface area contributed by atoms with Crippen LogP contribution in [0.1, 0.15) is 239 Å². The standard InChI is InChI=1S/C62H105O11P/c1-4-7-10-13-16-19-22-24-26-28-29-31-33-35-38-41-44-47-50-53-62(66)73-59(55-69-60(64)51-48-45-42-39-37-34-32-30-27-25-23-20-17-14-11-8-5-2)57-71-74(67,68)70-56-58(54-63)72-61(65)52-49-46-43-40-36-21-18-15-12-9-6-3/h8,11,16-17,19-20,24-27,29,31-32,34,39,42,58-59,63H,4-7,9-10,12-15,18,21-23,28,30,33,35-38,40-41,43-57H2,1-3H3,(H,67,68)/b11-8-,19-16-,20-17-,26-24-,27-25-,31-29-,34-32-,42-39-. The van der Waals surface area contributed by atoms with Crippen molar-refractivity contribution in [3.05, 3.63) is 97.2 Å². The smallest absolute Gasteiger partial charge is 0.462 e. The summed E-state index contributed by atoms with van der Waals surface area (Å²) in [7, 11) is -4.77. The SMILES string of the molecule is CC/C=C\C/C=C\C/C=C\C/C=C\C/C=C\CCCC(=O)OCC(COP(=O)(O)OCC(CO)OC(=O)CCCCCCCCCCCCC)OC(=O)CCCCCCCC/C=C\C/C=C\C/C=C\CCCCC. The molecular formula is C62H105O11P. The number of allylic oxidation sites excluding steroid dienone is 16. The predicted molar refractivity (Wildman–Crippen MR) is 307 cm³/mol. The molecule has 0 aromatic heterocycles. The summed E-state index contributed by atoms with van der Waals surface area (Å²) in [5, 5.41) is 9.80. The average Bonchev–Trinajstić information content (AvgIpc) is 3.39. The van der Waals surface area contributed by atoms with E-state index in [9.17, 15) is 28.9 Å². The number of phosphoric ester groups is 1. The van der Waals surface area contributed by atoms with E-state index in [1.807, 2.05) is 6.08 Å². The lowest BCUT2D eigenvalue weighted by molar-refractivity contribution is -0.161. The van der Waals surface area contributed by atoms with E-state index in [1.165, 1.54) is 70.6 Å². The van der Waals surface area contributed by atoms with Gasteiger partial charge in [-0.15, -0.1) is 0 Å². The van der Waals surface area contributed by atoms with Crippen LogP contribution in [0.2, 0.25) is 0 Å². The summed E-state index contributed by atoms with van der Waals surface area (Å²) in [5.41, 5.74) is 0. The van der Waals surface area contributed by atoms with Gasteiger partial charge in [0, 0.05) is 19.3 Å². The minimum atomic E-state index is -4.77. The topological polar surface area (TPSA) is 155 Å². The number of rotatable bonds is 53. The number of hydrogen-bond acceptors (Lipinski definition) is 10. The lowest BCUT2D eigenvalue weighted by Gasteiger charge is -2.21. The van der Waals surface area contributed by atoms with Crippen molar-refractivity contribution in [2.75, 3.05) is 26.4 Å². The molecule has 74 heavy (non-hydrogen) atoms. The molecule has 0 saturated heterocycles. The molecule has 0 heterocycles. The molecule has 0 saturated carbocycles. The molecule has 0 aromatic carbocycles. The molecule has 0 amide bonds. The van der Waals surface area contributed by atoms with Crippen LogP contribution in [-0.4, -0.2) is 66.5 Å². The van der Waals surface area contributed by atoms with Crippen LogP contribution in [0.5, 0.6) is 0 Å². The van der Waals surface area contributed by atoms with Crippen molar-refractivity contribution in [3.8, 4) is 0 Å².